The monoisotopic (exact) mass is 266 g/mol. The van der Waals surface area contributed by atoms with Crippen molar-refractivity contribution in [1.82, 2.24) is 20.4 Å². The largest absolute Gasteiger partial charge is 0.478 e. The zero-order valence-corrected chi connectivity index (χ0v) is 10.3. The molecule has 8 heteroatoms. The van der Waals surface area contributed by atoms with Gasteiger partial charge in [-0.3, -0.25) is 19.6 Å². The number of hydrogen-bond acceptors (Lipinski definition) is 5. The van der Waals surface area contributed by atoms with Gasteiger partial charge in [-0.05, 0) is 6.42 Å². The fraction of sp³-hybridized carbons (Fsp3) is 0.455. The number of aryl methyl sites for hydroxylation is 1. The highest BCUT2D eigenvalue weighted by Crippen LogP contribution is 2.10. The summed E-state index contributed by atoms with van der Waals surface area (Å²) in [4.78, 5) is 33.5. The number of nitrogens with one attached hydrogen (secondary N) is 2. The van der Waals surface area contributed by atoms with E-state index in [1.807, 2.05) is 0 Å². The summed E-state index contributed by atoms with van der Waals surface area (Å²) in [6.45, 7) is 0.199. The third-order valence-electron chi connectivity index (χ3n) is 3.05. The molecule has 0 aliphatic carbocycles. The molecule has 19 heavy (non-hydrogen) atoms. The Labute approximate surface area is 108 Å². The van der Waals surface area contributed by atoms with Gasteiger partial charge in [0, 0.05) is 20.0 Å². The lowest BCUT2D eigenvalue weighted by Crippen LogP contribution is -2.50. The Morgan fingerprint density at radius 2 is 2.37 bits per heavy atom. The van der Waals surface area contributed by atoms with Gasteiger partial charge in [0.05, 0.1) is 17.9 Å². The van der Waals surface area contributed by atoms with Crippen LogP contribution in [0.3, 0.4) is 0 Å². The van der Waals surface area contributed by atoms with E-state index in [4.69, 9.17) is 5.11 Å². The first-order valence-electron chi connectivity index (χ1n) is 5.80. The number of piperidine rings is 1. The summed E-state index contributed by atoms with van der Waals surface area (Å²) in [6, 6.07) is -0.491. The van der Waals surface area contributed by atoms with E-state index in [-0.39, 0.29) is 30.3 Å². The van der Waals surface area contributed by atoms with E-state index in [0.29, 0.717) is 12.1 Å². The average molecular weight is 266 g/mol. The summed E-state index contributed by atoms with van der Waals surface area (Å²) < 4.78 is 1.45. The lowest BCUT2D eigenvalue weighted by molar-refractivity contribution is -0.134. The van der Waals surface area contributed by atoms with E-state index in [0.717, 1.165) is 0 Å². The van der Waals surface area contributed by atoms with Crippen molar-refractivity contribution in [3.8, 4) is 0 Å². The maximum Gasteiger partial charge on any atom is 0.339 e. The molecule has 2 rings (SSSR count). The normalized spacial score (nSPS) is 19.3. The molecule has 2 amide bonds. The van der Waals surface area contributed by atoms with Gasteiger partial charge in [0.25, 0.3) is 0 Å². The summed E-state index contributed by atoms with van der Waals surface area (Å²) in [5, 5.41) is 18.0. The van der Waals surface area contributed by atoms with Gasteiger partial charge in [0.1, 0.15) is 5.56 Å². The predicted molar refractivity (Wildman–Crippen MR) is 63.2 cm³/mol. The second-order valence-corrected chi connectivity index (χ2v) is 4.32. The van der Waals surface area contributed by atoms with Gasteiger partial charge in [-0.1, -0.05) is 0 Å². The van der Waals surface area contributed by atoms with Crippen molar-refractivity contribution in [3.05, 3.63) is 17.5 Å². The summed E-state index contributed by atoms with van der Waals surface area (Å²) in [5.41, 5.74) is 0.583. The Morgan fingerprint density at radius 1 is 1.63 bits per heavy atom. The lowest BCUT2D eigenvalue weighted by Gasteiger charge is -2.21. The molecule has 1 aliphatic rings. The van der Waals surface area contributed by atoms with Crippen molar-refractivity contribution < 1.29 is 19.5 Å². The number of aromatic nitrogens is 2. The standard InChI is InChI=1S/C11H14N4O4/c1-15-8(6(4-13-15)11(18)19)5-12-7-2-3-9(16)14-10(7)17/h4,7,12H,2-3,5H2,1H3,(H,18,19)(H,14,16,17). The highest BCUT2D eigenvalue weighted by molar-refractivity contribution is 6.00. The molecule has 2 heterocycles. The maximum absolute atomic E-state index is 11.5. The molecule has 0 bridgehead atoms. The topological polar surface area (TPSA) is 113 Å². The quantitative estimate of drug-likeness (QED) is 0.603. The van der Waals surface area contributed by atoms with Crippen LogP contribution in [0.4, 0.5) is 0 Å². The van der Waals surface area contributed by atoms with Crippen LogP contribution in [0.5, 0.6) is 0 Å². The molecular formula is C11H14N4O4. The Balaban J connectivity index is 2.03. The number of carboxylic acids is 1. The average Bonchev–Trinajstić information content (AvgIpc) is 2.70. The van der Waals surface area contributed by atoms with Gasteiger partial charge in [0.15, 0.2) is 0 Å². The van der Waals surface area contributed by atoms with Crippen molar-refractivity contribution in [2.75, 3.05) is 0 Å². The molecular weight excluding hydrogens is 252 g/mol. The molecule has 8 nitrogen and oxygen atoms in total. The van der Waals surface area contributed by atoms with Gasteiger partial charge in [-0.25, -0.2) is 4.79 Å². The molecule has 0 saturated carbocycles. The molecule has 1 aliphatic heterocycles. The first-order valence-corrected chi connectivity index (χ1v) is 5.80. The number of carbonyl (C=O) groups excluding carboxylic acids is 2. The van der Waals surface area contributed by atoms with Gasteiger partial charge in [0.2, 0.25) is 11.8 Å². The molecule has 1 aromatic rings. The number of imide groups is 1. The minimum Gasteiger partial charge on any atom is -0.478 e. The minimum atomic E-state index is -1.06. The fourth-order valence-electron chi connectivity index (χ4n) is 1.96. The molecule has 0 radical (unpaired) electrons. The zero-order valence-electron chi connectivity index (χ0n) is 10.3. The van der Waals surface area contributed by atoms with Crippen molar-refractivity contribution >= 4 is 17.8 Å². The smallest absolute Gasteiger partial charge is 0.339 e. The van der Waals surface area contributed by atoms with Crippen LogP contribution in [0.1, 0.15) is 28.9 Å². The predicted octanol–water partition coefficient (Wildman–Crippen LogP) is -0.987. The molecule has 0 spiro atoms. The first kappa shape index (κ1) is 13.2. The second kappa shape index (κ2) is 5.19. The summed E-state index contributed by atoms with van der Waals surface area (Å²) in [6.07, 6.45) is 1.95. The highest BCUT2D eigenvalue weighted by atomic mass is 16.4. The van der Waals surface area contributed by atoms with E-state index in [1.54, 1.807) is 7.05 Å². The number of rotatable bonds is 4. The van der Waals surface area contributed by atoms with Crippen LogP contribution in [0.25, 0.3) is 0 Å². The van der Waals surface area contributed by atoms with E-state index in [2.05, 4.69) is 15.7 Å². The maximum atomic E-state index is 11.5. The van der Waals surface area contributed by atoms with Gasteiger partial charge < -0.3 is 10.4 Å². The number of amides is 2. The van der Waals surface area contributed by atoms with E-state index < -0.39 is 12.0 Å². The highest BCUT2D eigenvalue weighted by Gasteiger charge is 2.26. The van der Waals surface area contributed by atoms with Crippen molar-refractivity contribution in [3.63, 3.8) is 0 Å². The molecule has 1 aromatic heterocycles. The van der Waals surface area contributed by atoms with Crippen LogP contribution < -0.4 is 10.6 Å². The molecule has 1 saturated heterocycles. The summed E-state index contributed by atoms with van der Waals surface area (Å²) in [7, 11) is 1.63. The minimum absolute atomic E-state index is 0.0993. The molecule has 1 unspecified atom stereocenters. The second-order valence-electron chi connectivity index (χ2n) is 4.32. The number of hydrogen-bond donors (Lipinski definition) is 3. The molecule has 1 atom stereocenters. The van der Waals surface area contributed by atoms with Gasteiger partial charge in [-0.2, -0.15) is 5.10 Å². The van der Waals surface area contributed by atoms with Crippen molar-refractivity contribution in [1.29, 1.82) is 0 Å². The number of carboxylic acid groups (broad SMARTS) is 1. The Hall–Kier alpha value is -2.22. The Kier molecular flexibility index (Phi) is 3.61. The molecule has 1 fully saturated rings. The third-order valence-corrected chi connectivity index (χ3v) is 3.05. The third kappa shape index (κ3) is 2.79. The van der Waals surface area contributed by atoms with E-state index in [1.165, 1.54) is 10.9 Å². The number of aromatic carboxylic acids is 1. The molecule has 102 valence electrons. The Bertz CT molecular complexity index is 537. The summed E-state index contributed by atoms with van der Waals surface area (Å²) in [5.74, 6) is -1.72. The SMILES string of the molecule is Cn1ncc(C(=O)O)c1CNC1CCC(=O)NC1=O. The Morgan fingerprint density at radius 3 is 3.00 bits per heavy atom. The molecule has 0 aromatic carbocycles. The lowest BCUT2D eigenvalue weighted by atomic mass is 10.1. The van der Waals surface area contributed by atoms with E-state index >= 15 is 0 Å². The summed E-state index contributed by atoms with van der Waals surface area (Å²) >= 11 is 0. The number of nitrogens with zero attached hydrogens (tertiary/aromatic N) is 2. The van der Waals surface area contributed by atoms with Crippen LogP contribution in [0.15, 0.2) is 6.20 Å². The fourth-order valence-corrected chi connectivity index (χ4v) is 1.96. The zero-order chi connectivity index (χ0) is 14.0. The van der Waals surface area contributed by atoms with E-state index in [9.17, 15) is 14.4 Å². The van der Waals surface area contributed by atoms with Crippen molar-refractivity contribution in [2.24, 2.45) is 7.05 Å². The number of carbonyl (C=O) groups is 3. The van der Waals surface area contributed by atoms with Gasteiger partial charge in [-0.15, -0.1) is 0 Å². The van der Waals surface area contributed by atoms with Crippen LogP contribution in [0.2, 0.25) is 0 Å². The van der Waals surface area contributed by atoms with Crippen LogP contribution in [-0.4, -0.2) is 38.7 Å². The van der Waals surface area contributed by atoms with Crippen molar-refractivity contribution in [2.45, 2.75) is 25.4 Å². The van der Waals surface area contributed by atoms with Gasteiger partial charge >= 0.3 is 5.97 Å². The first-order chi connectivity index (χ1) is 8.99. The van der Waals surface area contributed by atoms with Crippen LogP contribution in [-0.2, 0) is 23.2 Å². The van der Waals surface area contributed by atoms with Crippen LogP contribution >= 0.6 is 0 Å². The van der Waals surface area contributed by atoms with Crippen LogP contribution in [0, 0.1) is 0 Å². The molecule has 3 N–H and O–H groups in total.